The quantitative estimate of drug-likeness (QED) is 0.593. The van der Waals surface area contributed by atoms with Crippen molar-refractivity contribution < 1.29 is 21.6 Å². The summed E-state index contributed by atoms with van der Waals surface area (Å²) in [5.41, 5.74) is 2.67. The Morgan fingerprint density at radius 3 is 1.97 bits per heavy atom. The first-order valence-corrected chi connectivity index (χ1v) is 13.2. The second-order valence-electron chi connectivity index (χ2n) is 7.62. The molecule has 8 nitrogen and oxygen atoms in total. The zero-order chi connectivity index (χ0) is 24.3. The van der Waals surface area contributed by atoms with Gasteiger partial charge in [0.2, 0.25) is 26.0 Å². The normalized spacial score (nSPS) is 12.4. The lowest BCUT2D eigenvalue weighted by atomic mass is 10.1. The van der Waals surface area contributed by atoms with E-state index in [1.807, 2.05) is 6.92 Å². The molecule has 0 aliphatic heterocycles. The zero-order valence-electron chi connectivity index (χ0n) is 19.3. The van der Waals surface area contributed by atoms with Crippen LogP contribution in [-0.2, 0) is 24.8 Å². The highest BCUT2D eigenvalue weighted by atomic mass is 32.2. The number of hydrogen-bond acceptors (Lipinski definition) is 5. The molecule has 0 bridgehead atoms. The maximum atomic E-state index is 12.9. The van der Waals surface area contributed by atoms with Crippen LogP contribution in [-0.4, -0.2) is 58.0 Å². The van der Waals surface area contributed by atoms with E-state index in [0.717, 1.165) is 9.87 Å². The molecule has 1 N–H and O–H groups in total. The number of hydrogen-bond donors (Lipinski definition) is 1. The van der Waals surface area contributed by atoms with Gasteiger partial charge >= 0.3 is 0 Å². The molecule has 0 spiro atoms. The molecule has 1 amide bonds. The molecule has 10 heteroatoms. The van der Waals surface area contributed by atoms with Gasteiger partial charge in [-0.15, -0.1) is 0 Å². The van der Waals surface area contributed by atoms with E-state index in [9.17, 15) is 21.6 Å². The predicted octanol–water partition coefficient (Wildman–Crippen LogP) is 2.90. The first-order valence-electron chi connectivity index (χ1n) is 10.3. The van der Waals surface area contributed by atoms with Crippen molar-refractivity contribution in [2.24, 2.45) is 0 Å². The second kappa shape index (κ2) is 10.1. The highest BCUT2D eigenvalue weighted by molar-refractivity contribution is 7.89. The smallest absolute Gasteiger partial charge is 0.243 e. The van der Waals surface area contributed by atoms with Crippen LogP contribution in [0.25, 0.3) is 0 Å². The molecule has 0 aliphatic carbocycles. The Bertz CT molecular complexity index is 1190. The third-order valence-electron chi connectivity index (χ3n) is 5.35. The van der Waals surface area contributed by atoms with Gasteiger partial charge in [-0.25, -0.2) is 16.8 Å². The lowest BCUT2D eigenvalue weighted by Gasteiger charge is -2.21. The Labute approximate surface area is 191 Å². The van der Waals surface area contributed by atoms with Crippen LogP contribution in [0, 0.1) is 20.8 Å². The summed E-state index contributed by atoms with van der Waals surface area (Å²) in [7, 11) is -6.22. The van der Waals surface area contributed by atoms with E-state index in [1.54, 1.807) is 45.9 Å². The second-order valence-corrected chi connectivity index (χ2v) is 11.6. The third-order valence-corrected chi connectivity index (χ3v) is 9.20. The Hall–Kier alpha value is -2.27. The number of nitrogens with one attached hydrogen (secondary N) is 1. The molecule has 2 aromatic rings. The summed E-state index contributed by atoms with van der Waals surface area (Å²) in [6, 6.07) is 9.36. The molecule has 0 aromatic heterocycles. The molecule has 32 heavy (non-hydrogen) atoms. The van der Waals surface area contributed by atoms with Crippen molar-refractivity contribution in [3.8, 4) is 0 Å². The Balaban J connectivity index is 2.28. The Morgan fingerprint density at radius 2 is 1.44 bits per heavy atom. The van der Waals surface area contributed by atoms with E-state index in [4.69, 9.17) is 0 Å². The lowest BCUT2D eigenvalue weighted by Crippen LogP contribution is -2.35. The molecule has 0 aliphatic rings. The topological polar surface area (TPSA) is 104 Å². The SMILES string of the molecule is CCN(CC)S(=O)(=O)c1cc(C)c(C)c(NC(=O)CN(C)S(=O)(=O)c2ccc(C)cc2)c1. The standard InChI is InChI=1S/C22H31N3O5S2/c1-7-25(8-2)32(29,30)20-13-17(4)18(5)21(14-20)23-22(26)15-24(6)31(27,28)19-11-9-16(3)10-12-19/h9-14H,7-8,15H2,1-6H3,(H,23,26). The van der Waals surface area contributed by atoms with E-state index < -0.39 is 32.5 Å². The number of carbonyl (C=O) groups is 1. The summed E-state index contributed by atoms with van der Waals surface area (Å²) in [6.07, 6.45) is 0. The summed E-state index contributed by atoms with van der Waals surface area (Å²) in [4.78, 5) is 12.8. The lowest BCUT2D eigenvalue weighted by molar-refractivity contribution is -0.116. The van der Waals surface area contributed by atoms with Crippen molar-refractivity contribution in [1.29, 1.82) is 0 Å². The first kappa shape index (κ1) is 26.0. The molecule has 0 saturated carbocycles. The number of anilines is 1. The molecule has 0 atom stereocenters. The van der Waals surface area contributed by atoms with Crippen molar-refractivity contribution in [3.63, 3.8) is 0 Å². The summed E-state index contributed by atoms with van der Waals surface area (Å²) < 4.78 is 53.6. The minimum Gasteiger partial charge on any atom is -0.325 e. The number of aryl methyl sites for hydroxylation is 2. The number of nitrogens with zero attached hydrogens (tertiary/aromatic N) is 2. The maximum absolute atomic E-state index is 12.9. The van der Waals surface area contributed by atoms with Crippen molar-refractivity contribution in [2.75, 3.05) is 32.0 Å². The van der Waals surface area contributed by atoms with E-state index >= 15 is 0 Å². The van der Waals surface area contributed by atoms with Gasteiger partial charge in [-0.3, -0.25) is 4.79 Å². The fraction of sp³-hybridized carbons (Fsp3) is 0.409. The average Bonchev–Trinajstić information content (AvgIpc) is 2.72. The zero-order valence-corrected chi connectivity index (χ0v) is 21.0. The van der Waals surface area contributed by atoms with Crippen molar-refractivity contribution in [3.05, 3.63) is 53.1 Å². The minimum atomic E-state index is -3.84. The van der Waals surface area contributed by atoms with Crippen LogP contribution in [0.15, 0.2) is 46.2 Å². The largest absolute Gasteiger partial charge is 0.325 e. The van der Waals surface area contributed by atoms with E-state index in [1.165, 1.54) is 29.6 Å². The highest BCUT2D eigenvalue weighted by Crippen LogP contribution is 2.26. The van der Waals surface area contributed by atoms with Crippen LogP contribution in [0.3, 0.4) is 0 Å². The van der Waals surface area contributed by atoms with Gasteiger partial charge < -0.3 is 5.32 Å². The summed E-state index contributed by atoms with van der Waals surface area (Å²) in [5.74, 6) is -0.567. The van der Waals surface area contributed by atoms with Gasteiger partial charge in [-0.2, -0.15) is 8.61 Å². The fourth-order valence-electron chi connectivity index (χ4n) is 3.18. The molecule has 0 unspecified atom stereocenters. The van der Waals surface area contributed by atoms with E-state index in [2.05, 4.69) is 5.32 Å². The monoisotopic (exact) mass is 481 g/mol. The molecular weight excluding hydrogens is 450 g/mol. The van der Waals surface area contributed by atoms with Crippen LogP contribution in [0.5, 0.6) is 0 Å². The molecule has 0 saturated heterocycles. The molecule has 0 fully saturated rings. The Morgan fingerprint density at radius 1 is 0.875 bits per heavy atom. The van der Waals surface area contributed by atoms with Crippen LogP contribution in [0.2, 0.25) is 0 Å². The number of likely N-dealkylation sites (N-methyl/N-ethyl adjacent to an activating group) is 1. The highest BCUT2D eigenvalue weighted by Gasteiger charge is 2.25. The van der Waals surface area contributed by atoms with Crippen LogP contribution < -0.4 is 5.32 Å². The number of carbonyl (C=O) groups excluding carboxylic acids is 1. The minimum absolute atomic E-state index is 0.0835. The van der Waals surface area contributed by atoms with Crippen LogP contribution >= 0.6 is 0 Å². The Kier molecular flexibility index (Phi) is 8.22. The summed E-state index contributed by atoms with van der Waals surface area (Å²) >= 11 is 0. The fourth-order valence-corrected chi connectivity index (χ4v) is 5.88. The average molecular weight is 482 g/mol. The van der Waals surface area contributed by atoms with Gasteiger partial charge in [-0.1, -0.05) is 31.5 Å². The van der Waals surface area contributed by atoms with Gasteiger partial charge in [0.05, 0.1) is 16.3 Å². The van der Waals surface area contributed by atoms with Crippen LogP contribution in [0.1, 0.15) is 30.5 Å². The molecule has 0 radical (unpaired) electrons. The molecule has 0 heterocycles. The van der Waals surface area contributed by atoms with E-state index in [0.29, 0.717) is 29.9 Å². The number of amides is 1. The van der Waals surface area contributed by atoms with E-state index in [-0.39, 0.29) is 9.79 Å². The first-order chi connectivity index (χ1) is 14.8. The maximum Gasteiger partial charge on any atom is 0.243 e. The number of benzene rings is 2. The molecular formula is C22H31N3O5S2. The molecule has 2 aromatic carbocycles. The predicted molar refractivity (Wildman–Crippen MR) is 126 cm³/mol. The van der Waals surface area contributed by atoms with Crippen molar-refractivity contribution in [1.82, 2.24) is 8.61 Å². The van der Waals surface area contributed by atoms with Gasteiger partial charge in [0.1, 0.15) is 0 Å². The summed E-state index contributed by atoms with van der Waals surface area (Å²) in [5, 5.41) is 2.67. The summed E-state index contributed by atoms with van der Waals surface area (Å²) in [6.45, 7) is 9.15. The third kappa shape index (κ3) is 5.55. The van der Waals surface area contributed by atoms with Gasteiger partial charge in [-0.05, 0) is 56.2 Å². The molecule has 2 rings (SSSR count). The van der Waals surface area contributed by atoms with Gasteiger partial charge in [0.15, 0.2) is 0 Å². The van der Waals surface area contributed by atoms with Crippen LogP contribution in [0.4, 0.5) is 5.69 Å². The van der Waals surface area contributed by atoms with Crippen molar-refractivity contribution >= 4 is 31.6 Å². The van der Waals surface area contributed by atoms with Gasteiger partial charge in [0.25, 0.3) is 0 Å². The number of sulfonamides is 2. The van der Waals surface area contributed by atoms with Crippen molar-refractivity contribution in [2.45, 2.75) is 44.4 Å². The van der Waals surface area contributed by atoms with Gasteiger partial charge in [0, 0.05) is 25.8 Å². The number of rotatable bonds is 9. The molecule has 176 valence electrons.